The van der Waals surface area contributed by atoms with Gasteiger partial charge in [0, 0.05) is 6.42 Å². The number of ether oxygens (including phenoxy) is 1. The molecule has 114 valence electrons. The predicted molar refractivity (Wildman–Crippen MR) is 81.4 cm³/mol. The summed E-state index contributed by atoms with van der Waals surface area (Å²) in [6.07, 6.45) is 10.7. The highest BCUT2D eigenvalue weighted by Gasteiger charge is 2.55. The Balaban J connectivity index is 2.28. The molecule has 1 rings (SSSR count). The van der Waals surface area contributed by atoms with Crippen LogP contribution in [0.15, 0.2) is 0 Å². The minimum atomic E-state index is -0.653. The Morgan fingerprint density at radius 3 is 1.89 bits per heavy atom. The standard InChI is InChI=1S/C17H34O2/c1-6-7-8-9-10-11-12-13-17(18)14-15(2,3)19-16(17,4)5/h18H,6-14H2,1-5H3. The second kappa shape index (κ2) is 6.58. The SMILES string of the molecule is CCCCCCCCCC1(O)CC(C)(C)OC1(C)C. The van der Waals surface area contributed by atoms with Crippen molar-refractivity contribution < 1.29 is 9.84 Å². The Morgan fingerprint density at radius 1 is 0.895 bits per heavy atom. The van der Waals surface area contributed by atoms with Gasteiger partial charge in [-0.3, -0.25) is 0 Å². The van der Waals surface area contributed by atoms with Gasteiger partial charge in [0.25, 0.3) is 0 Å². The smallest absolute Gasteiger partial charge is 0.0958 e. The van der Waals surface area contributed by atoms with E-state index in [-0.39, 0.29) is 5.60 Å². The summed E-state index contributed by atoms with van der Waals surface area (Å²) < 4.78 is 6.01. The molecule has 0 radical (unpaired) electrons. The lowest BCUT2D eigenvalue weighted by molar-refractivity contribution is -0.129. The van der Waals surface area contributed by atoms with Crippen molar-refractivity contribution >= 4 is 0 Å². The van der Waals surface area contributed by atoms with E-state index >= 15 is 0 Å². The molecule has 0 aliphatic carbocycles. The lowest BCUT2D eigenvalue weighted by atomic mass is 9.78. The molecule has 1 heterocycles. The summed E-state index contributed by atoms with van der Waals surface area (Å²) >= 11 is 0. The Labute approximate surface area is 119 Å². The molecule has 0 amide bonds. The maximum Gasteiger partial charge on any atom is 0.0958 e. The van der Waals surface area contributed by atoms with Crippen LogP contribution in [0.5, 0.6) is 0 Å². The Morgan fingerprint density at radius 2 is 1.42 bits per heavy atom. The Bertz CT molecular complexity index is 270. The van der Waals surface area contributed by atoms with Crippen molar-refractivity contribution in [2.24, 2.45) is 0 Å². The first-order valence-electron chi connectivity index (χ1n) is 8.15. The molecule has 2 nitrogen and oxygen atoms in total. The number of rotatable bonds is 8. The van der Waals surface area contributed by atoms with E-state index in [0.717, 1.165) is 19.3 Å². The van der Waals surface area contributed by atoms with Gasteiger partial charge >= 0.3 is 0 Å². The van der Waals surface area contributed by atoms with E-state index in [1.54, 1.807) is 0 Å². The minimum Gasteiger partial charge on any atom is -0.387 e. The topological polar surface area (TPSA) is 29.5 Å². The monoisotopic (exact) mass is 270 g/mol. The summed E-state index contributed by atoms with van der Waals surface area (Å²) in [5.41, 5.74) is -1.27. The van der Waals surface area contributed by atoms with E-state index in [9.17, 15) is 5.11 Å². The Hall–Kier alpha value is -0.0800. The molecule has 1 aliphatic rings. The van der Waals surface area contributed by atoms with Crippen molar-refractivity contribution in [3.8, 4) is 0 Å². The minimum absolute atomic E-state index is 0.195. The van der Waals surface area contributed by atoms with E-state index in [1.165, 1.54) is 38.5 Å². The van der Waals surface area contributed by atoms with Crippen LogP contribution in [0.2, 0.25) is 0 Å². The van der Waals surface area contributed by atoms with Gasteiger partial charge in [0.15, 0.2) is 0 Å². The third-order valence-electron chi connectivity index (χ3n) is 4.56. The molecular weight excluding hydrogens is 236 g/mol. The summed E-state index contributed by atoms with van der Waals surface area (Å²) in [4.78, 5) is 0. The van der Waals surface area contributed by atoms with E-state index in [4.69, 9.17) is 4.74 Å². The Kier molecular flexibility index (Phi) is 5.88. The number of unbranched alkanes of at least 4 members (excludes halogenated alkanes) is 6. The van der Waals surface area contributed by atoms with Crippen LogP contribution >= 0.6 is 0 Å². The van der Waals surface area contributed by atoms with Crippen LogP contribution in [0.1, 0.15) is 92.4 Å². The van der Waals surface area contributed by atoms with E-state index in [2.05, 4.69) is 20.8 Å². The van der Waals surface area contributed by atoms with Crippen molar-refractivity contribution in [3.63, 3.8) is 0 Å². The van der Waals surface area contributed by atoms with Gasteiger partial charge < -0.3 is 9.84 Å². The molecule has 1 N–H and O–H groups in total. The van der Waals surface area contributed by atoms with Crippen molar-refractivity contribution in [2.45, 2.75) is 109 Å². The van der Waals surface area contributed by atoms with Crippen LogP contribution in [0.25, 0.3) is 0 Å². The van der Waals surface area contributed by atoms with Gasteiger partial charge in [-0.15, -0.1) is 0 Å². The first-order valence-corrected chi connectivity index (χ1v) is 8.15. The zero-order valence-electron chi connectivity index (χ0n) is 13.7. The first-order chi connectivity index (χ1) is 8.72. The number of hydrogen-bond donors (Lipinski definition) is 1. The normalized spacial score (nSPS) is 28.7. The van der Waals surface area contributed by atoms with E-state index < -0.39 is 11.2 Å². The second-order valence-corrected chi connectivity index (χ2v) is 7.45. The van der Waals surface area contributed by atoms with Crippen LogP contribution in [-0.2, 0) is 4.74 Å². The molecular formula is C17H34O2. The average Bonchev–Trinajstić information content (AvgIpc) is 2.41. The fourth-order valence-electron chi connectivity index (χ4n) is 3.50. The van der Waals surface area contributed by atoms with Crippen LogP contribution < -0.4 is 0 Å². The summed E-state index contributed by atoms with van der Waals surface area (Å²) in [5.74, 6) is 0. The van der Waals surface area contributed by atoms with Crippen LogP contribution in [0.4, 0.5) is 0 Å². The third kappa shape index (κ3) is 4.75. The molecule has 0 saturated carbocycles. The maximum absolute atomic E-state index is 10.9. The van der Waals surface area contributed by atoms with Crippen LogP contribution in [-0.4, -0.2) is 21.9 Å². The van der Waals surface area contributed by atoms with E-state index in [0.29, 0.717) is 0 Å². The van der Waals surface area contributed by atoms with Gasteiger partial charge in [-0.1, -0.05) is 51.9 Å². The molecule has 1 saturated heterocycles. The lowest BCUT2D eigenvalue weighted by Crippen LogP contribution is -2.46. The summed E-state index contributed by atoms with van der Waals surface area (Å²) in [5, 5.41) is 10.9. The molecule has 0 aromatic carbocycles. The van der Waals surface area contributed by atoms with Gasteiger partial charge in [-0.25, -0.2) is 0 Å². The van der Waals surface area contributed by atoms with Gasteiger partial charge in [0.1, 0.15) is 0 Å². The summed E-state index contributed by atoms with van der Waals surface area (Å²) in [6, 6.07) is 0. The van der Waals surface area contributed by atoms with Gasteiger partial charge in [0.2, 0.25) is 0 Å². The fraction of sp³-hybridized carbons (Fsp3) is 1.00. The lowest BCUT2D eigenvalue weighted by Gasteiger charge is -2.35. The van der Waals surface area contributed by atoms with Gasteiger partial charge in [-0.2, -0.15) is 0 Å². The second-order valence-electron chi connectivity index (χ2n) is 7.45. The average molecular weight is 270 g/mol. The first kappa shape index (κ1) is 17.0. The quantitative estimate of drug-likeness (QED) is 0.640. The van der Waals surface area contributed by atoms with Crippen molar-refractivity contribution in [1.29, 1.82) is 0 Å². The molecule has 0 bridgehead atoms. The molecule has 1 aliphatic heterocycles. The molecule has 1 atom stereocenters. The van der Waals surface area contributed by atoms with Gasteiger partial charge in [-0.05, 0) is 34.1 Å². The highest BCUT2D eigenvalue weighted by atomic mass is 16.5. The van der Waals surface area contributed by atoms with Crippen LogP contribution in [0.3, 0.4) is 0 Å². The predicted octanol–water partition coefficient (Wildman–Crippen LogP) is 4.84. The molecule has 19 heavy (non-hydrogen) atoms. The molecule has 1 unspecified atom stereocenters. The highest BCUT2D eigenvalue weighted by Crippen LogP contribution is 2.47. The summed E-state index contributed by atoms with van der Waals surface area (Å²) in [6.45, 7) is 10.5. The maximum atomic E-state index is 10.9. The zero-order valence-corrected chi connectivity index (χ0v) is 13.7. The van der Waals surface area contributed by atoms with Crippen LogP contribution in [0, 0.1) is 0 Å². The van der Waals surface area contributed by atoms with Crippen molar-refractivity contribution in [2.75, 3.05) is 0 Å². The molecule has 0 aromatic rings. The zero-order chi connectivity index (χ0) is 14.6. The van der Waals surface area contributed by atoms with Crippen molar-refractivity contribution in [1.82, 2.24) is 0 Å². The molecule has 0 spiro atoms. The van der Waals surface area contributed by atoms with E-state index in [1.807, 2.05) is 13.8 Å². The fourth-order valence-corrected chi connectivity index (χ4v) is 3.50. The molecule has 1 fully saturated rings. The molecule has 0 aromatic heterocycles. The number of hydrogen-bond acceptors (Lipinski definition) is 2. The summed E-state index contributed by atoms with van der Waals surface area (Å²) in [7, 11) is 0. The highest BCUT2D eigenvalue weighted by molar-refractivity contribution is 5.05. The van der Waals surface area contributed by atoms with Gasteiger partial charge in [0.05, 0.1) is 16.8 Å². The molecule has 2 heteroatoms. The van der Waals surface area contributed by atoms with Crippen molar-refractivity contribution in [3.05, 3.63) is 0 Å². The largest absolute Gasteiger partial charge is 0.387 e. The number of aliphatic hydroxyl groups is 1. The third-order valence-corrected chi connectivity index (χ3v) is 4.56.